The van der Waals surface area contributed by atoms with Gasteiger partial charge < -0.3 is 14.4 Å². The first-order valence-electron chi connectivity index (χ1n) is 4.45. The van der Waals surface area contributed by atoms with Crippen LogP contribution in [-0.2, 0) is 14.3 Å². The molecule has 0 aliphatic heterocycles. The van der Waals surface area contributed by atoms with E-state index in [2.05, 4.69) is 6.58 Å². The number of nitrogens with zero attached hydrogens (tertiary/aromatic N) is 1. The van der Waals surface area contributed by atoms with Gasteiger partial charge in [0, 0.05) is 27.7 Å². The van der Waals surface area contributed by atoms with E-state index in [-0.39, 0.29) is 5.91 Å². The molecule has 4 nitrogen and oxygen atoms in total. The summed E-state index contributed by atoms with van der Waals surface area (Å²) >= 11 is 0. The van der Waals surface area contributed by atoms with E-state index in [0.717, 1.165) is 0 Å². The van der Waals surface area contributed by atoms with Crippen molar-refractivity contribution in [3.8, 4) is 0 Å². The van der Waals surface area contributed by atoms with Gasteiger partial charge in [0.05, 0.1) is 6.54 Å². The first-order valence-corrected chi connectivity index (χ1v) is 4.45. The molecule has 0 heterocycles. The second-order valence-corrected chi connectivity index (χ2v) is 3.23. The van der Waals surface area contributed by atoms with Crippen LogP contribution in [0.2, 0.25) is 0 Å². The second-order valence-electron chi connectivity index (χ2n) is 3.23. The van der Waals surface area contributed by atoms with Crippen molar-refractivity contribution in [3.63, 3.8) is 0 Å². The summed E-state index contributed by atoms with van der Waals surface area (Å²) in [5.74, 6) is -0.778. The van der Waals surface area contributed by atoms with Gasteiger partial charge in [-0.3, -0.25) is 4.79 Å². The lowest BCUT2D eigenvalue weighted by Gasteiger charge is -2.32. The maximum absolute atomic E-state index is 11.2. The molecule has 0 aromatic carbocycles. The molecule has 0 radical (unpaired) electrons. The van der Waals surface area contributed by atoms with Crippen LogP contribution >= 0.6 is 0 Å². The van der Waals surface area contributed by atoms with E-state index in [0.29, 0.717) is 13.1 Å². The lowest BCUT2D eigenvalue weighted by Crippen LogP contribution is -2.45. The minimum absolute atomic E-state index is 0.0229. The zero-order valence-corrected chi connectivity index (χ0v) is 9.37. The third-order valence-corrected chi connectivity index (χ3v) is 2.14. The third-order valence-electron chi connectivity index (χ3n) is 2.14. The van der Waals surface area contributed by atoms with Gasteiger partial charge in [0.25, 0.3) is 0 Å². The van der Waals surface area contributed by atoms with Crippen molar-refractivity contribution >= 4 is 5.91 Å². The van der Waals surface area contributed by atoms with E-state index < -0.39 is 5.79 Å². The topological polar surface area (TPSA) is 38.8 Å². The minimum Gasteiger partial charge on any atom is -0.352 e. The molecule has 0 aliphatic rings. The van der Waals surface area contributed by atoms with Crippen molar-refractivity contribution < 1.29 is 14.3 Å². The number of hydrogen-bond donors (Lipinski definition) is 0. The molecule has 0 bridgehead atoms. The molecule has 0 aliphatic carbocycles. The Balaban J connectivity index is 4.40. The van der Waals surface area contributed by atoms with Crippen LogP contribution < -0.4 is 0 Å². The number of amides is 1. The van der Waals surface area contributed by atoms with Gasteiger partial charge in [-0.2, -0.15) is 0 Å². The molecule has 0 N–H and O–H groups in total. The molecule has 0 unspecified atom stereocenters. The number of ether oxygens (including phenoxy) is 2. The van der Waals surface area contributed by atoms with E-state index in [1.54, 1.807) is 32.1 Å². The molecule has 82 valence electrons. The maximum Gasteiger partial charge on any atom is 0.219 e. The molecular formula is C10H19NO3. The van der Waals surface area contributed by atoms with Crippen molar-refractivity contribution in [1.82, 2.24) is 4.90 Å². The Kier molecular flexibility index (Phi) is 5.42. The average molecular weight is 201 g/mol. The fourth-order valence-corrected chi connectivity index (χ4v) is 1.02. The number of rotatable bonds is 6. The Morgan fingerprint density at radius 1 is 1.50 bits per heavy atom. The Morgan fingerprint density at radius 3 is 2.29 bits per heavy atom. The largest absolute Gasteiger partial charge is 0.352 e. The molecule has 0 saturated heterocycles. The fourth-order valence-electron chi connectivity index (χ4n) is 1.02. The summed E-state index contributed by atoms with van der Waals surface area (Å²) in [6.45, 7) is 7.77. The SMILES string of the molecule is C=CCN(CC(C)(OC)OC)C(C)=O. The average Bonchev–Trinajstić information content (AvgIpc) is 2.17. The van der Waals surface area contributed by atoms with Crippen molar-refractivity contribution in [3.05, 3.63) is 12.7 Å². The highest BCUT2D eigenvalue weighted by molar-refractivity contribution is 5.73. The molecule has 0 rings (SSSR count). The van der Waals surface area contributed by atoms with Crippen LogP contribution in [-0.4, -0.2) is 43.9 Å². The monoisotopic (exact) mass is 201 g/mol. The van der Waals surface area contributed by atoms with Crippen LogP contribution in [0.5, 0.6) is 0 Å². The number of methoxy groups -OCH3 is 2. The van der Waals surface area contributed by atoms with Crippen LogP contribution in [0, 0.1) is 0 Å². The summed E-state index contributed by atoms with van der Waals surface area (Å²) in [5, 5.41) is 0. The minimum atomic E-state index is -0.755. The number of carbonyl (C=O) groups excluding carboxylic acids is 1. The highest BCUT2D eigenvalue weighted by Gasteiger charge is 2.26. The summed E-state index contributed by atoms with van der Waals surface area (Å²) < 4.78 is 10.3. The summed E-state index contributed by atoms with van der Waals surface area (Å²) in [6.07, 6.45) is 1.67. The molecule has 0 aromatic rings. The molecule has 0 aromatic heterocycles. The fraction of sp³-hybridized carbons (Fsp3) is 0.700. The highest BCUT2D eigenvalue weighted by atomic mass is 16.7. The van der Waals surface area contributed by atoms with Gasteiger partial charge in [-0.05, 0) is 6.92 Å². The van der Waals surface area contributed by atoms with E-state index in [1.165, 1.54) is 6.92 Å². The van der Waals surface area contributed by atoms with Gasteiger partial charge >= 0.3 is 0 Å². The Morgan fingerprint density at radius 2 is 2.00 bits per heavy atom. The normalized spacial score (nSPS) is 11.1. The van der Waals surface area contributed by atoms with Gasteiger partial charge in [-0.25, -0.2) is 0 Å². The van der Waals surface area contributed by atoms with Crippen molar-refractivity contribution in [2.75, 3.05) is 27.3 Å². The Hall–Kier alpha value is -0.870. The third kappa shape index (κ3) is 3.89. The van der Waals surface area contributed by atoms with Gasteiger partial charge in [-0.1, -0.05) is 6.08 Å². The highest BCUT2D eigenvalue weighted by Crippen LogP contribution is 2.12. The predicted octanol–water partition coefficient (Wildman–Crippen LogP) is 1.03. The Labute approximate surface area is 85.5 Å². The second kappa shape index (κ2) is 5.78. The first kappa shape index (κ1) is 13.1. The summed E-state index contributed by atoms with van der Waals surface area (Å²) in [5.41, 5.74) is 0. The van der Waals surface area contributed by atoms with Gasteiger partial charge in [0.15, 0.2) is 5.79 Å². The summed E-state index contributed by atoms with van der Waals surface area (Å²) in [6, 6.07) is 0. The molecule has 0 fully saturated rings. The molecular weight excluding hydrogens is 182 g/mol. The zero-order valence-electron chi connectivity index (χ0n) is 9.37. The standard InChI is InChI=1S/C10H19NO3/c1-6-7-11(9(2)12)8-10(3,13-4)14-5/h6H,1,7-8H2,2-5H3. The first-order chi connectivity index (χ1) is 6.49. The lowest BCUT2D eigenvalue weighted by molar-refractivity contribution is -0.203. The van der Waals surface area contributed by atoms with E-state index in [1.807, 2.05) is 0 Å². The van der Waals surface area contributed by atoms with E-state index in [4.69, 9.17) is 9.47 Å². The summed E-state index contributed by atoms with van der Waals surface area (Å²) in [4.78, 5) is 12.8. The summed E-state index contributed by atoms with van der Waals surface area (Å²) in [7, 11) is 3.10. The molecule has 0 spiro atoms. The molecule has 14 heavy (non-hydrogen) atoms. The molecule has 1 amide bonds. The van der Waals surface area contributed by atoms with Gasteiger partial charge in [-0.15, -0.1) is 6.58 Å². The maximum atomic E-state index is 11.2. The lowest BCUT2D eigenvalue weighted by atomic mass is 10.3. The smallest absolute Gasteiger partial charge is 0.219 e. The molecule has 0 saturated carbocycles. The number of hydrogen-bond acceptors (Lipinski definition) is 3. The van der Waals surface area contributed by atoms with Gasteiger partial charge in [0.2, 0.25) is 5.91 Å². The van der Waals surface area contributed by atoms with Crippen molar-refractivity contribution in [2.24, 2.45) is 0 Å². The molecule has 0 atom stereocenters. The van der Waals surface area contributed by atoms with Gasteiger partial charge in [0.1, 0.15) is 0 Å². The Bertz CT molecular complexity index is 200. The van der Waals surface area contributed by atoms with Crippen molar-refractivity contribution in [2.45, 2.75) is 19.6 Å². The van der Waals surface area contributed by atoms with Crippen molar-refractivity contribution in [1.29, 1.82) is 0 Å². The quantitative estimate of drug-likeness (QED) is 0.476. The van der Waals surface area contributed by atoms with Crippen LogP contribution in [0.3, 0.4) is 0 Å². The van der Waals surface area contributed by atoms with Crippen LogP contribution in [0.25, 0.3) is 0 Å². The zero-order chi connectivity index (χ0) is 11.2. The van der Waals surface area contributed by atoms with Crippen LogP contribution in [0.15, 0.2) is 12.7 Å². The predicted molar refractivity (Wildman–Crippen MR) is 54.9 cm³/mol. The van der Waals surface area contributed by atoms with Crippen LogP contribution in [0.1, 0.15) is 13.8 Å². The molecule has 4 heteroatoms. The number of carbonyl (C=O) groups is 1. The van der Waals surface area contributed by atoms with Crippen LogP contribution in [0.4, 0.5) is 0 Å². The van der Waals surface area contributed by atoms with E-state index in [9.17, 15) is 4.79 Å². The van der Waals surface area contributed by atoms with E-state index >= 15 is 0 Å².